The van der Waals surface area contributed by atoms with Gasteiger partial charge in [-0.1, -0.05) is 48.5 Å². The highest BCUT2D eigenvalue weighted by atomic mass is 19.1. The van der Waals surface area contributed by atoms with Gasteiger partial charge in [0.1, 0.15) is 19.3 Å². The molecule has 1 aliphatic carbocycles. The summed E-state index contributed by atoms with van der Waals surface area (Å²) in [6, 6.07) is 13.6. The molecule has 1 heterocycles. The molecule has 2 aromatic rings. The van der Waals surface area contributed by atoms with Gasteiger partial charge in [0.2, 0.25) is 0 Å². The van der Waals surface area contributed by atoms with Gasteiger partial charge in [0.25, 0.3) is 0 Å². The van der Waals surface area contributed by atoms with Gasteiger partial charge in [0.05, 0.1) is 6.61 Å². The molecule has 14 heteroatoms. The van der Waals surface area contributed by atoms with Crippen molar-refractivity contribution < 1.29 is 61.9 Å². The van der Waals surface area contributed by atoms with Crippen LogP contribution in [-0.2, 0) is 47.6 Å². The number of alkyl carbamates (subject to hydrolysis) is 1. The van der Waals surface area contributed by atoms with Crippen LogP contribution in [0.4, 0.5) is 9.18 Å². The van der Waals surface area contributed by atoms with Crippen LogP contribution < -0.4 is 5.32 Å². The lowest BCUT2D eigenvalue weighted by atomic mass is 9.98. The summed E-state index contributed by atoms with van der Waals surface area (Å²) in [6.07, 6.45) is -9.78. The summed E-state index contributed by atoms with van der Waals surface area (Å²) < 4.78 is 46.8. The van der Waals surface area contributed by atoms with E-state index in [0.717, 1.165) is 43.0 Å². The Kier molecular flexibility index (Phi) is 10.5. The van der Waals surface area contributed by atoms with Crippen molar-refractivity contribution in [2.24, 2.45) is 0 Å². The highest BCUT2D eigenvalue weighted by Crippen LogP contribution is 2.44. The molecule has 1 amide bonds. The molecule has 2 aromatic carbocycles. The molecule has 0 aromatic heterocycles. The number of carbonyl (C=O) groups is 5. The van der Waals surface area contributed by atoms with E-state index in [1.807, 2.05) is 48.5 Å². The molecule has 44 heavy (non-hydrogen) atoms. The maximum absolute atomic E-state index is 15.5. The third-order valence-corrected chi connectivity index (χ3v) is 6.99. The van der Waals surface area contributed by atoms with Crippen LogP contribution in [0.2, 0.25) is 0 Å². The van der Waals surface area contributed by atoms with Gasteiger partial charge >= 0.3 is 30.0 Å². The fourth-order valence-electron chi connectivity index (χ4n) is 5.14. The van der Waals surface area contributed by atoms with Crippen molar-refractivity contribution in [3.63, 3.8) is 0 Å². The number of fused-ring (bicyclic) bond motifs is 3. The zero-order valence-electron chi connectivity index (χ0n) is 24.1. The van der Waals surface area contributed by atoms with E-state index >= 15 is 4.39 Å². The smallest absolute Gasteiger partial charge is 0.407 e. The van der Waals surface area contributed by atoms with Crippen molar-refractivity contribution in [2.75, 3.05) is 19.8 Å². The molecule has 236 valence electrons. The van der Waals surface area contributed by atoms with Crippen LogP contribution in [0, 0.1) is 0 Å². The first-order valence-electron chi connectivity index (χ1n) is 13.7. The number of hydrogen-bond acceptors (Lipinski definition) is 11. The zero-order valence-corrected chi connectivity index (χ0v) is 24.1. The summed E-state index contributed by atoms with van der Waals surface area (Å²) in [5, 5.41) is 11.9. The van der Waals surface area contributed by atoms with E-state index in [-0.39, 0.29) is 12.5 Å². The maximum Gasteiger partial charge on any atom is 0.407 e. The lowest BCUT2D eigenvalue weighted by Crippen LogP contribution is -2.61. The van der Waals surface area contributed by atoms with Gasteiger partial charge in [-0.15, -0.1) is 0 Å². The van der Waals surface area contributed by atoms with Gasteiger partial charge in [-0.05, 0) is 22.3 Å². The van der Waals surface area contributed by atoms with E-state index < -0.39 is 80.0 Å². The number of carboxylic acids is 1. The van der Waals surface area contributed by atoms with Gasteiger partial charge in [-0.25, -0.2) is 14.0 Å². The molecule has 0 spiro atoms. The molecule has 0 saturated carbocycles. The Morgan fingerprint density at radius 3 is 1.95 bits per heavy atom. The fourth-order valence-corrected chi connectivity index (χ4v) is 5.14. The van der Waals surface area contributed by atoms with Crippen molar-refractivity contribution in [1.82, 2.24) is 5.32 Å². The summed E-state index contributed by atoms with van der Waals surface area (Å²) >= 11 is 0. The molecular formula is C30H32FNO12. The van der Waals surface area contributed by atoms with E-state index in [4.69, 9.17) is 28.4 Å². The number of nitrogens with one attached hydrogen (secondary N) is 1. The van der Waals surface area contributed by atoms with Crippen LogP contribution in [0.3, 0.4) is 0 Å². The SMILES string of the molecule is CC(=O)OC[C@H]1O[C@H](OC[C@H](NC(=O)OCC2c3ccccc3-c3ccccc32)C(=O)O)[C@H](F)[C@@H](OC(C)=O)[C@@H]1OC(C)=O. The minimum absolute atomic E-state index is 0.0786. The fraction of sp³-hybridized carbons (Fsp3) is 0.433. The Labute approximate surface area is 251 Å². The van der Waals surface area contributed by atoms with Gasteiger partial charge < -0.3 is 38.8 Å². The molecule has 1 fully saturated rings. The Hall–Kier alpha value is -4.56. The number of alkyl halides is 1. The van der Waals surface area contributed by atoms with Crippen LogP contribution in [-0.4, -0.2) is 91.7 Å². The monoisotopic (exact) mass is 617 g/mol. The van der Waals surface area contributed by atoms with Crippen molar-refractivity contribution in [2.45, 2.75) is 63.5 Å². The first kappa shape index (κ1) is 32.4. The Morgan fingerprint density at radius 2 is 1.41 bits per heavy atom. The summed E-state index contributed by atoms with van der Waals surface area (Å²) in [5.74, 6) is -4.28. The maximum atomic E-state index is 15.5. The molecule has 2 N–H and O–H groups in total. The number of ether oxygens (including phenoxy) is 6. The zero-order chi connectivity index (χ0) is 32.0. The molecular weight excluding hydrogens is 585 g/mol. The van der Waals surface area contributed by atoms with Crippen LogP contribution in [0.1, 0.15) is 37.8 Å². The summed E-state index contributed by atoms with van der Waals surface area (Å²) in [4.78, 5) is 59.3. The molecule has 0 unspecified atom stereocenters. The van der Waals surface area contributed by atoms with Gasteiger partial charge in [0.15, 0.2) is 30.7 Å². The van der Waals surface area contributed by atoms with Crippen LogP contribution in [0.5, 0.6) is 0 Å². The number of amides is 1. The van der Waals surface area contributed by atoms with Crippen molar-refractivity contribution in [3.8, 4) is 11.1 Å². The molecule has 13 nitrogen and oxygen atoms in total. The predicted octanol–water partition coefficient (Wildman–Crippen LogP) is 2.48. The lowest BCUT2D eigenvalue weighted by molar-refractivity contribution is -0.293. The van der Waals surface area contributed by atoms with Crippen molar-refractivity contribution in [3.05, 3.63) is 59.7 Å². The van der Waals surface area contributed by atoms with Crippen LogP contribution in [0.25, 0.3) is 11.1 Å². The van der Waals surface area contributed by atoms with Gasteiger partial charge in [-0.3, -0.25) is 14.4 Å². The standard InChI is InChI=1S/C30H32FNO12/c1-15(33)39-14-24-26(42-16(2)34)27(43-17(3)35)25(31)29(44-24)40-13-23(28(36)37)32-30(38)41-12-22-20-10-6-4-8-18(20)19-9-5-7-11-21(19)22/h4-11,22-27,29H,12-14H2,1-3H3,(H,32,38)(H,36,37)/t23-,24+,25+,26+,27+,29-/m0/s1. The van der Waals surface area contributed by atoms with Crippen molar-refractivity contribution >= 4 is 30.0 Å². The minimum Gasteiger partial charge on any atom is -0.480 e. The summed E-state index contributed by atoms with van der Waals surface area (Å²) in [7, 11) is 0. The predicted molar refractivity (Wildman–Crippen MR) is 147 cm³/mol. The molecule has 0 bridgehead atoms. The highest BCUT2D eigenvalue weighted by Gasteiger charge is 2.51. The normalized spacial score (nSPS) is 23.0. The second kappa shape index (κ2) is 14.3. The summed E-state index contributed by atoms with van der Waals surface area (Å²) in [5.41, 5.74) is 3.94. The number of esters is 3. The minimum atomic E-state index is -2.26. The number of halogens is 1. The number of benzene rings is 2. The van der Waals surface area contributed by atoms with Gasteiger partial charge in [0, 0.05) is 26.7 Å². The van der Waals surface area contributed by atoms with E-state index in [9.17, 15) is 29.1 Å². The Bertz CT molecular complexity index is 1350. The van der Waals surface area contributed by atoms with Crippen LogP contribution in [0.15, 0.2) is 48.5 Å². The number of aliphatic carboxylic acids is 1. The van der Waals surface area contributed by atoms with Crippen molar-refractivity contribution in [1.29, 1.82) is 0 Å². The first-order valence-corrected chi connectivity index (χ1v) is 13.7. The molecule has 2 aliphatic rings. The number of hydrogen-bond donors (Lipinski definition) is 2. The van der Waals surface area contributed by atoms with E-state index in [1.165, 1.54) is 0 Å². The third kappa shape index (κ3) is 7.68. The molecule has 6 atom stereocenters. The third-order valence-electron chi connectivity index (χ3n) is 6.99. The second-order valence-corrected chi connectivity index (χ2v) is 10.1. The van der Waals surface area contributed by atoms with E-state index in [1.54, 1.807) is 0 Å². The largest absolute Gasteiger partial charge is 0.480 e. The molecule has 4 rings (SSSR count). The molecule has 0 radical (unpaired) electrons. The quantitative estimate of drug-likeness (QED) is 0.279. The van der Waals surface area contributed by atoms with Crippen LogP contribution >= 0.6 is 0 Å². The summed E-state index contributed by atoms with van der Waals surface area (Å²) in [6.45, 7) is 1.74. The lowest BCUT2D eigenvalue weighted by Gasteiger charge is -2.42. The average molecular weight is 618 g/mol. The first-order chi connectivity index (χ1) is 21.0. The topological polar surface area (TPSA) is 173 Å². The Morgan fingerprint density at radius 1 is 0.841 bits per heavy atom. The number of rotatable bonds is 11. The second-order valence-electron chi connectivity index (χ2n) is 10.1. The highest BCUT2D eigenvalue weighted by molar-refractivity contribution is 5.81. The Balaban J connectivity index is 1.41. The average Bonchev–Trinajstić information content (AvgIpc) is 3.29. The number of carbonyl (C=O) groups excluding carboxylic acids is 4. The van der Waals surface area contributed by atoms with E-state index in [2.05, 4.69) is 5.32 Å². The molecule has 1 saturated heterocycles. The molecule has 1 aliphatic heterocycles. The van der Waals surface area contributed by atoms with Gasteiger partial charge in [-0.2, -0.15) is 0 Å². The number of carboxylic acid groups (broad SMARTS) is 1. The van der Waals surface area contributed by atoms with E-state index in [0.29, 0.717) is 0 Å².